The van der Waals surface area contributed by atoms with Gasteiger partial charge in [0.2, 0.25) is 11.8 Å². The molecule has 0 aliphatic carbocycles. The summed E-state index contributed by atoms with van der Waals surface area (Å²) in [7, 11) is 0. The summed E-state index contributed by atoms with van der Waals surface area (Å²) in [5.74, 6) is -1.23. The topological polar surface area (TPSA) is 84.5 Å². The first-order chi connectivity index (χ1) is 13.3. The van der Waals surface area contributed by atoms with Gasteiger partial charge < -0.3 is 15.4 Å². The largest absolute Gasteiger partial charge is 0.462 e. The van der Waals surface area contributed by atoms with E-state index in [2.05, 4.69) is 10.6 Å². The van der Waals surface area contributed by atoms with Gasteiger partial charge in [-0.3, -0.25) is 9.59 Å². The Balaban J connectivity index is 2.01. The molecule has 0 heterocycles. The molecule has 0 bridgehead atoms. The molecule has 2 N–H and O–H groups in total. The summed E-state index contributed by atoms with van der Waals surface area (Å²) in [4.78, 5) is 37.0. The minimum Gasteiger partial charge on any atom is -0.462 e. The van der Waals surface area contributed by atoms with Gasteiger partial charge in [0.25, 0.3) is 0 Å². The quantitative estimate of drug-likeness (QED) is 0.565. The van der Waals surface area contributed by atoms with Crippen molar-refractivity contribution in [3.63, 3.8) is 0 Å². The predicted molar refractivity (Wildman–Crippen MR) is 108 cm³/mol. The van der Waals surface area contributed by atoms with Crippen molar-refractivity contribution in [3.05, 3.63) is 65.7 Å². The van der Waals surface area contributed by atoms with E-state index in [4.69, 9.17) is 4.74 Å². The fourth-order valence-corrected chi connectivity index (χ4v) is 2.50. The van der Waals surface area contributed by atoms with Crippen LogP contribution >= 0.6 is 0 Å². The number of benzene rings is 2. The first-order valence-corrected chi connectivity index (χ1v) is 9.20. The molecule has 148 valence electrons. The van der Waals surface area contributed by atoms with E-state index < -0.39 is 17.3 Å². The number of carbonyl (C=O) groups excluding carboxylic acids is 3. The second-order valence-electron chi connectivity index (χ2n) is 6.98. The molecule has 0 saturated carbocycles. The van der Waals surface area contributed by atoms with Crippen LogP contribution in [0, 0.1) is 5.41 Å². The Hall–Kier alpha value is -3.15. The molecule has 0 fully saturated rings. The third-order valence-corrected chi connectivity index (χ3v) is 4.44. The highest BCUT2D eigenvalue weighted by Crippen LogP contribution is 2.22. The Labute approximate surface area is 165 Å². The van der Waals surface area contributed by atoms with Gasteiger partial charge in [-0.15, -0.1) is 0 Å². The summed E-state index contributed by atoms with van der Waals surface area (Å²) >= 11 is 0. The molecule has 6 nitrogen and oxygen atoms in total. The lowest BCUT2D eigenvalue weighted by molar-refractivity contribution is -0.138. The Morgan fingerprint density at radius 2 is 1.57 bits per heavy atom. The second-order valence-corrected chi connectivity index (χ2v) is 6.98. The summed E-state index contributed by atoms with van der Waals surface area (Å²) in [6, 6.07) is 15.7. The molecule has 0 saturated heterocycles. The molecular weight excluding hydrogens is 356 g/mol. The molecule has 2 aromatic carbocycles. The predicted octanol–water partition coefficient (Wildman–Crippen LogP) is 3.71. The highest BCUT2D eigenvalue weighted by atomic mass is 16.5. The maximum atomic E-state index is 12.7. The summed E-state index contributed by atoms with van der Waals surface area (Å²) < 4.78 is 4.93. The Kier molecular flexibility index (Phi) is 6.93. The molecule has 0 aliphatic heterocycles. The SMILES string of the molecule is CCOC(=O)c1ccc(NC(=O)C(C)(C)C(=O)NC(C)c2ccccc2)cc1. The molecule has 0 aliphatic rings. The fourth-order valence-electron chi connectivity index (χ4n) is 2.50. The van der Waals surface area contributed by atoms with Crippen molar-refractivity contribution in [2.45, 2.75) is 33.7 Å². The summed E-state index contributed by atoms with van der Waals surface area (Å²) in [5, 5.41) is 5.60. The van der Waals surface area contributed by atoms with Crippen molar-refractivity contribution < 1.29 is 19.1 Å². The number of ether oxygens (including phenoxy) is 1. The molecule has 1 unspecified atom stereocenters. The van der Waals surface area contributed by atoms with Gasteiger partial charge in [-0.2, -0.15) is 0 Å². The number of amides is 2. The van der Waals surface area contributed by atoms with Crippen LogP contribution in [0.5, 0.6) is 0 Å². The monoisotopic (exact) mass is 382 g/mol. The van der Waals surface area contributed by atoms with Crippen LogP contribution in [0.1, 0.15) is 49.7 Å². The summed E-state index contributed by atoms with van der Waals surface area (Å²) in [5.41, 5.74) is 0.577. The second kappa shape index (κ2) is 9.17. The van der Waals surface area contributed by atoms with Crippen LogP contribution in [0.4, 0.5) is 5.69 Å². The van der Waals surface area contributed by atoms with Crippen molar-refractivity contribution >= 4 is 23.5 Å². The van der Waals surface area contributed by atoms with E-state index in [1.165, 1.54) is 0 Å². The Morgan fingerprint density at radius 3 is 2.14 bits per heavy atom. The van der Waals surface area contributed by atoms with Crippen molar-refractivity contribution in [2.24, 2.45) is 5.41 Å². The maximum absolute atomic E-state index is 12.7. The van der Waals surface area contributed by atoms with Crippen LogP contribution in [0.15, 0.2) is 54.6 Å². The zero-order chi connectivity index (χ0) is 20.7. The zero-order valence-electron chi connectivity index (χ0n) is 16.6. The molecule has 28 heavy (non-hydrogen) atoms. The van der Waals surface area contributed by atoms with Crippen LogP contribution in [0.2, 0.25) is 0 Å². The average molecular weight is 382 g/mol. The first-order valence-electron chi connectivity index (χ1n) is 9.20. The Bertz CT molecular complexity index is 829. The van der Waals surface area contributed by atoms with Crippen molar-refractivity contribution in [1.82, 2.24) is 5.32 Å². The average Bonchev–Trinajstić information content (AvgIpc) is 2.69. The number of hydrogen-bond acceptors (Lipinski definition) is 4. The number of anilines is 1. The normalized spacial score (nSPS) is 12.0. The van der Waals surface area contributed by atoms with E-state index in [1.807, 2.05) is 37.3 Å². The molecule has 2 rings (SSSR count). The minimum atomic E-state index is -1.27. The third-order valence-electron chi connectivity index (χ3n) is 4.44. The van der Waals surface area contributed by atoms with E-state index in [1.54, 1.807) is 45.0 Å². The van der Waals surface area contributed by atoms with Crippen molar-refractivity contribution in [3.8, 4) is 0 Å². The number of esters is 1. The standard InChI is InChI=1S/C22H26N2O4/c1-5-28-19(25)17-11-13-18(14-12-17)24-21(27)22(3,4)20(26)23-15(2)16-9-7-6-8-10-16/h6-15H,5H2,1-4H3,(H,23,26)(H,24,27). The van der Waals surface area contributed by atoms with Gasteiger partial charge in [-0.1, -0.05) is 30.3 Å². The smallest absolute Gasteiger partial charge is 0.338 e. The third kappa shape index (κ3) is 5.19. The highest BCUT2D eigenvalue weighted by Gasteiger charge is 2.36. The lowest BCUT2D eigenvalue weighted by atomic mass is 9.90. The van der Waals surface area contributed by atoms with Crippen LogP contribution in [-0.2, 0) is 14.3 Å². The van der Waals surface area contributed by atoms with E-state index in [0.717, 1.165) is 5.56 Å². The number of carbonyl (C=O) groups is 3. The van der Waals surface area contributed by atoms with Crippen LogP contribution in [-0.4, -0.2) is 24.4 Å². The first kappa shape index (κ1) is 21.2. The van der Waals surface area contributed by atoms with E-state index in [-0.39, 0.29) is 11.9 Å². The van der Waals surface area contributed by atoms with Gasteiger partial charge in [0.05, 0.1) is 18.2 Å². The molecule has 1 atom stereocenters. The number of rotatable bonds is 7. The lowest BCUT2D eigenvalue weighted by Gasteiger charge is -2.25. The lowest BCUT2D eigenvalue weighted by Crippen LogP contribution is -2.45. The van der Waals surface area contributed by atoms with Crippen LogP contribution in [0.25, 0.3) is 0 Å². The molecule has 2 aromatic rings. The molecular formula is C22H26N2O4. The van der Waals surface area contributed by atoms with E-state index >= 15 is 0 Å². The molecule has 0 spiro atoms. The highest BCUT2D eigenvalue weighted by molar-refractivity contribution is 6.10. The van der Waals surface area contributed by atoms with Crippen LogP contribution < -0.4 is 10.6 Å². The molecule has 6 heteroatoms. The van der Waals surface area contributed by atoms with E-state index in [9.17, 15) is 14.4 Å². The van der Waals surface area contributed by atoms with Gasteiger partial charge >= 0.3 is 5.97 Å². The minimum absolute atomic E-state index is 0.218. The van der Waals surface area contributed by atoms with Crippen molar-refractivity contribution in [2.75, 3.05) is 11.9 Å². The molecule has 0 aromatic heterocycles. The summed E-state index contributed by atoms with van der Waals surface area (Å²) in [6.07, 6.45) is 0. The van der Waals surface area contributed by atoms with E-state index in [0.29, 0.717) is 17.9 Å². The number of hydrogen-bond donors (Lipinski definition) is 2. The van der Waals surface area contributed by atoms with Gasteiger partial charge in [-0.25, -0.2) is 4.79 Å². The number of nitrogens with one attached hydrogen (secondary N) is 2. The van der Waals surface area contributed by atoms with Gasteiger partial charge in [-0.05, 0) is 57.5 Å². The Morgan fingerprint density at radius 1 is 0.964 bits per heavy atom. The molecule has 2 amide bonds. The van der Waals surface area contributed by atoms with Gasteiger partial charge in [0, 0.05) is 5.69 Å². The zero-order valence-corrected chi connectivity index (χ0v) is 16.6. The maximum Gasteiger partial charge on any atom is 0.338 e. The van der Waals surface area contributed by atoms with Gasteiger partial charge in [0.1, 0.15) is 5.41 Å². The van der Waals surface area contributed by atoms with Crippen LogP contribution in [0.3, 0.4) is 0 Å². The molecule has 0 radical (unpaired) electrons. The van der Waals surface area contributed by atoms with Crippen molar-refractivity contribution in [1.29, 1.82) is 0 Å². The fraction of sp³-hybridized carbons (Fsp3) is 0.318. The summed E-state index contributed by atoms with van der Waals surface area (Å²) in [6.45, 7) is 7.04. The van der Waals surface area contributed by atoms with Gasteiger partial charge in [0.15, 0.2) is 0 Å².